The molecule has 0 saturated carbocycles. The van der Waals surface area contributed by atoms with Crippen LogP contribution < -0.4 is 11.1 Å². The maximum Gasteiger partial charge on any atom is 0.225 e. The fourth-order valence-corrected chi connectivity index (χ4v) is 1.90. The van der Waals surface area contributed by atoms with E-state index in [9.17, 15) is 4.79 Å². The molecular weight excluding hydrogens is 240 g/mol. The molecule has 0 bridgehead atoms. The maximum atomic E-state index is 11.8. The van der Waals surface area contributed by atoms with E-state index in [-0.39, 0.29) is 5.91 Å². The molecule has 1 aromatic carbocycles. The minimum atomic E-state index is -0.0265. The average molecular weight is 258 g/mol. The predicted octanol–water partition coefficient (Wildman–Crippen LogP) is 2.13. The molecular formula is C14H18N4O. The van der Waals surface area contributed by atoms with Crippen LogP contribution in [0, 0.1) is 0 Å². The van der Waals surface area contributed by atoms with Crippen molar-refractivity contribution in [1.82, 2.24) is 10.2 Å². The van der Waals surface area contributed by atoms with Gasteiger partial charge >= 0.3 is 0 Å². The summed E-state index contributed by atoms with van der Waals surface area (Å²) in [6.07, 6.45) is 3.66. The molecule has 0 aliphatic heterocycles. The highest BCUT2D eigenvalue weighted by Gasteiger charge is 2.08. The standard InChI is InChI=1S/C14H18N4O/c1-2-11-9-16-18-14(11)17-13(19)7-6-10-4-3-5-12(15)8-10/h3-5,8-9H,2,6-7,15H2,1H3,(H2,16,17,18,19). The molecule has 0 atom stereocenters. The number of nitrogens with one attached hydrogen (secondary N) is 2. The van der Waals surface area contributed by atoms with E-state index in [0.717, 1.165) is 23.2 Å². The van der Waals surface area contributed by atoms with Gasteiger partial charge in [-0.05, 0) is 30.5 Å². The van der Waals surface area contributed by atoms with E-state index in [1.165, 1.54) is 0 Å². The zero-order valence-electron chi connectivity index (χ0n) is 10.9. The van der Waals surface area contributed by atoms with E-state index in [4.69, 9.17) is 5.73 Å². The fourth-order valence-electron chi connectivity index (χ4n) is 1.90. The number of carbonyl (C=O) groups excluding carboxylic acids is 1. The first-order valence-corrected chi connectivity index (χ1v) is 6.35. The molecule has 0 fully saturated rings. The topological polar surface area (TPSA) is 83.8 Å². The summed E-state index contributed by atoms with van der Waals surface area (Å²) in [6.45, 7) is 2.02. The molecule has 0 unspecified atom stereocenters. The van der Waals surface area contributed by atoms with Crippen molar-refractivity contribution in [2.45, 2.75) is 26.2 Å². The largest absolute Gasteiger partial charge is 0.399 e. The summed E-state index contributed by atoms with van der Waals surface area (Å²) < 4.78 is 0. The minimum absolute atomic E-state index is 0.0265. The fraction of sp³-hybridized carbons (Fsp3) is 0.286. The number of aromatic amines is 1. The highest BCUT2D eigenvalue weighted by atomic mass is 16.1. The molecule has 100 valence electrons. The number of aryl methyl sites for hydroxylation is 2. The lowest BCUT2D eigenvalue weighted by Crippen LogP contribution is -2.13. The van der Waals surface area contributed by atoms with Crippen LogP contribution in [0.2, 0.25) is 0 Å². The Kier molecular flexibility index (Phi) is 4.18. The highest BCUT2D eigenvalue weighted by Crippen LogP contribution is 2.13. The first-order valence-electron chi connectivity index (χ1n) is 6.35. The van der Waals surface area contributed by atoms with E-state index in [0.29, 0.717) is 18.7 Å². The molecule has 1 heterocycles. The van der Waals surface area contributed by atoms with E-state index < -0.39 is 0 Å². The number of anilines is 2. The quantitative estimate of drug-likeness (QED) is 0.718. The Morgan fingerprint density at radius 1 is 1.47 bits per heavy atom. The molecule has 19 heavy (non-hydrogen) atoms. The summed E-state index contributed by atoms with van der Waals surface area (Å²) in [7, 11) is 0. The van der Waals surface area contributed by atoms with Gasteiger partial charge in [0.25, 0.3) is 0 Å². The third kappa shape index (κ3) is 3.58. The molecule has 1 aromatic heterocycles. The zero-order valence-corrected chi connectivity index (χ0v) is 10.9. The van der Waals surface area contributed by atoms with Crippen molar-refractivity contribution >= 4 is 17.4 Å². The van der Waals surface area contributed by atoms with Gasteiger partial charge < -0.3 is 11.1 Å². The Hall–Kier alpha value is -2.30. The summed E-state index contributed by atoms with van der Waals surface area (Å²) in [5.74, 6) is 0.668. The van der Waals surface area contributed by atoms with Crippen LogP contribution in [0.4, 0.5) is 11.5 Å². The van der Waals surface area contributed by atoms with Crippen LogP contribution >= 0.6 is 0 Å². The van der Waals surface area contributed by atoms with Gasteiger partial charge in [-0.3, -0.25) is 9.89 Å². The molecule has 0 spiro atoms. The smallest absolute Gasteiger partial charge is 0.225 e. The van der Waals surface area contributed by atoms with Gasteiger partial charge in [0.15, 0.2) is 0 Å². The van der Waals surface area contributed by atoms with Crippen LogP contribution in [0.5, 0.6) is 0 Å². The van der Waals surface area contributed by atoms with Crippen LogP contribution in [0.1, 0.15) is 24.5 Å². The van der Waals surface area contributed by atoms with E-state index in [1.807, 2.05) is 31.2 Å². The van der Waals surface area contributed by atoms with Crippen molar-refractivity contribution in [3.05, 3.63) is 41.6 Å². The van der Waals surface area contributed by atoms with Crippen LogP contribution in [-0.4, -0.2) is 16.1 Å². The van der Waals surface area contributed by atoms with Gasteiger partial charge in [-0.15, -0.1) is 0 Å². The zero-order chi connectivity index (χ0) is 13.7. The van der Waals surface area contributed by atoms with Gasteiger partial charge in [0, 0.05) is 17.7 Å². The Balaban J connectivity index is 1.88. The molecule has 0 aliphatic rings. The third-order valence-corrected chi connectivity index (χ3v) is 2.95. The SMILES string of the molecule is CCc1cn[nH]c1NC(=O)CCc1cccc(N)c1. The number of hydrogen-bond acceptors (Lipinski definition) is 3. The summed E-state index contributed by atoms with van der Waals surface area (Å²) >= 11 is 0. The molecule has 0 aliphatic carbocycles. The number of nitrogen functional groups attached to an aromatic ring is 1. The second-order valence-electron chi connectivity index (χ2n) is 4.42. The van der Waals surface area contributed by atoms with E-state index >= 15 is 0 Å². The lowest BCUT2D eigenvalue weighted by atomic mass is 10.1. The van der Waals surface area contributed by atoms with Crippen molar-refractivity contribution in [2.24, 2.45) is 0 Å². The third-order valence-electron chi connectivity index (χ3n) is 2.95. The number of nitrogens with zero attached hydrogens (tertiary/aromatic N) is 1. The van der Waals surface area contributed by atoms with Crippen molar-refractivity contribution in [3.8, 4) is 0 Å². The van der Waals surface area contributed by atoms with Gasteiger partial charge in [0.1, 0.15) is 5.82 Å². The summed E-state index contributed by atoms with van der Waals surface area (Å²) in [4.78, 5) is 11.8. The number of carbonyl (C=O) groups is 1. The first-order chi connectivity index (χ1) is 9.19. The van der Waals surface area contributed by atoms with Crippen molar-refractivity contribution < 1.29 is 4.79 Å². The molecule has 0 radical (unpaired) electrons. The summed E-state index contributed by atoms with van der Waals surface area (Å²) in [6, 6.07) is 7.59. The first kappa shape index (κ1) is 13.1. The van der Waals surface area contributed by atoms with Crippen molar-refractivity contribution in [2.75, 3.05) is 11.1 Å². The van der Waals surface area contributed by atoms with Gasteiger partial charge in [-0.25, -0.2) is 0 Å². The van der Waals surface area contributed by atoms with Crippen molar-refractivity contribution in [1.29, 1.82) is 0 Å². The second-order valence-corrected chi connectivity index (χ2v) is 4.42. The normalized spacial score (nSPS) is 10.4. The Bertz CT molecular complexity index is 562. The number of hydrogen-bond donors (Lipinski definition) is 3. The highest BCUT2D eigenvalue weighted by molar-refractivity contribution is 5.90. The Morgan fingerprint density at radius 3 is 3.05 bits per heavy atom. The summed E-state index contributed by atoms with van der Waals surface area (Å²) in [5.41, 5.74) is 8.50. The van der Waals surface area contributed by atoms with E-state index in [1.54, 1.807) is 6.20 Å². The van der Waals surface area contributed by atoms with Crippen LogP contribution in [0.15, 0.2) is 30.5 Å². The van der Waals surface area contributed by atoms with E-state index in [2.05, 4.69) is 15.5 Å². The van der Waals surface area contributed by atoms with Crippen LogP contribution in [0.25, 0.3) is 0 Å². The van der Waals surface area contributed by atoms with Gasteiger partial charge in [0.2, 0.25) is 5.91 Å². The maximum absolute atomic E-state index is 11.8. The molecule has 5 heteroatoms. The second kappa shape index (κ2) is 6.04. The molecule has 0 saturated heterocycles. The van der Waals surface area contributed by atoms with Gasteiger partial charge in [-0.1, -0.05) is 19.1 Å². The Labute approximate surface area is 112 Å². The predicted molar refractivity (Wildman–Crippen MR) is 75.8 cm³/mol. The van der Waals surface area contributed by atoms with Crippen molar-refractivity contribution in [3.63, 3.8) is 0 Å². The number of aromatic nitrogens is 2. The van der Waals surface area contributed by atoms with Gasteiger partial charge in [-0.2, -0.15) is 5.10 Å². The number of benzene rings is 1. The van der Waals surface area contributed by atoms with Crippen LogP contribution in [0.3, 0.4) is 0 Å². The number of nitrogens with two attached hydrogens (primary N) is 1. The lowest BCUT2D eigenvalue weighted by Gasteiger charge is -2.05. The lowest BCUT2D eigenvalue weighted by molar-refractivity contribution is -0.116. The average Bonchev–Trinajstić information content (AvgIpc) is 2.84. The monoisotopic (exact) mass is 258 g/mol. The minimum Gasteiger partial charge on any atom is -0.399 e. The molecule has 5 nitrogen and oxygen atoms in total. The molecule has 2 rings (SSSR count). The number of rotatable bonds is 5. The number of H-pyrrole nitrogens is 1. The Morgan fingerprint density at radius 2 is 2.32 bits per heavy atom. The number of amides is 1. The molecule has 1 amide bonds. The molecule has 4 N–H and O–H groups in total. The van der Waals surface area contributed by atoms with Crippen LogP contribution in [-0.2, 0) is 17.6 Å². The molecule has 2 aromatic rings. The summed E-state index contributed by atoms with van der Waals surface area (Å²) in [5, 5.41) is 9.55. The van der Waals surface area contributed by atoms with Gasteiger partial charge in [0.05, 0.1) is 6.20 Å².